The van der Waals surface area contributed by atoms with Crippen LogP contribution in [0.25, 0.3) is 0 Å². The monoisotopic (exact) mass is 328 g/mol. The van der Waals surface area contributed by atoms with E-state index in [-0.39, 0.29) is 6.04 Å². The van der Waals surface area contributed by atoms with Crippen LogP contribution in [-0.2, 0) is 12.8 Å². The highest BCUT2D eigenvalue weighted by Gasteiger charge is 2.11. The van der Waals surface area contributed by atoms with Crippen LogP contribution < -0.4 is 5.32 Å². The molecule has 1 unspecified atom stereocenters. The molecule has 0 aliphatic heterocycles. The van der Waals surface area contributed by atoms with Gasteiger partial charge in [-0.3, -0.25) is 4.98 Å². The van der Waals surface area contributed by atoms with Crippen molar-refractivity contribution in [3.05, 3.63) is 62.9 Å². The average molecular weight is 330 g/mol. The third-order valence-corrected chi connectivity index (χ3v) is 4.28. The smallest absolute Gasteiger partial charge is 0.0621 e. The van der Waals surface area contributed by atoms with Crippen LogP contribution in [0.4, 0.5) is 0 Å². The molecule has 1 heterocycles. The number of hydrogen-bond donors (Lipinski definition) is 1. The molecule has 0 aliphatic carbocycles. The highest BCUT2D eigenvalue weighted by atomic mass is 35.5. The lowest BCUT2D eigenvalue weighted by atomic mass is 10.00. The van der Waals surface area contributed by atoms with E-state index in [2.05, 4.69) is 10.3 Å². The largest absolute Gasteiger partial charge is 0.316 e. The molecule has 0 fully saturated rings. The van der Waals surface area contributed by atoms with Gasteiger partial charge in [0.2, 0.25) is 0 Å². The molecular weight excluding hydrogens is 315 g/mol. The molecule has 1 aromatic carbocycles. The van der Waals surface area contributed by atoms with Crippen LogP contribution in [0.5, 0.6) is 0 Å². The fourth-order valence-corrected chi connectivity index (χ4v) is 2.58. The van der Waals surface area contributed by atoms with Crippen molar-refractivity contribution in [2.24, 2.45) is 0 Å². The topological polar surface area (TPSA) is 24.9 Å². The summed E-state index contributed by atoms with van der Waals surface area (Å²) in [5, 5.41) is 5.16. The van der Waals surface area contributed by atoms with Gasteiger partial charge in [0.05, 0.1) is 15.1 Å². The first-order valence-electron chi connectivity index (χ1n) is 6.29. The van der Waals surface area contributed by atoms with Gasteiger partial charge in [0.25, 0.3) is 0 Å². The van der Waals surface area contributed by atoms with E-state index in [1.165, 1.54) is 0 Å². The standard InChI is InChI=1S/C15H15Cl3N2/c1-19-12(8-11-4-5-20-9-15(11)18)6-10-2-3-13(16)14(17)7-10/h2-5,7,9,12,19H,6,8H2,1H3. The van der Waals surface area contributed by atoms with Crippen molar-refractivity contribution in [2.45, 2.75) is 18.9 Å². The third-order valence-electron chi connectivity index (χ3n) is 3.20. The summed E-state index contributed by atoms with van der Waals surface area (Å²) in [4.78, 5) is 4.00. The van der Waals surface area contributed by atoms with Crippen molar-refractivity contribution in [3.63, 3.8) is 0 Å². The summed E-state index contributed by atoms with van der Waals surface area (Å²) in [7, 11) is 1.94. The molecule has 2 nitrogen and oxygen atoms in total. The first-order valence-corrected chi connectivity index (χ1v) is 7.43. The van der Waals surface area contributed by atoms with Gasteiger partial charge >= 0.3 is 0 Å². The maximum Gasteiger partial charge on any atom is 0.0621 e. The molecule has 20 heavy (non-hydrogen) atoms. The molecule has 0 bridgehead atoms. The normalized spacial score (nSPS) is 12.4. The first-order chi connectivity index (χ1) is 9.60. The van der Waals surface area contributed by atoms with Gasteiger partial charge in [-0.05, 0) is 49.2 Å². The molecule has 0 amide bonds. The summed E-state index contributed by atoms with van der Waals surface area (Å²) in [6.45, 7) is 0. The van der Waals surface area contributed by atoms with Gasteiger partial charge in [-0.1, -0.05) is 40.9 Å². The van der Waals surface area contributed by atoms with Gasteiger partial charge < -0.3 is 5.32 Å². The number of hydrogen-bond acceptors (Lipinski definition) is 2. The van der Waals surface area contributed by atoms with Gasteiger partial charge in [0, 0.05) is 18.4 Å². The highest BCUT2D eigenvalue weighted by molar-refractivity contribution is 6.42. The second kappa shape index (κ2) is 7.28. The summed E-state index contributed by atoms with van der Waals surface area (Å²) in [6.07, 6.45) is 5.11. The minimum absolute atomic E-state index is 0.271. The van der Waals surface area contributed by atoms with Crippen LogP contribution in [0.2, 0.25) is 15.1 Å². The lowest BCUT2D eigenvalue weighted by molar-refractivity contribution is 0.556. The van der Waals surface area contributed by atoms with Gasteiger partial charge in [-0.2, -0.15) is 0 Å². The molecule has 0 radical (unpaired) electrons. The minimum Gasteiger partial charge on any atom is -0.316 e. The fourth-order valence-electron chi connectivity index (χ4n) is 2.06. The molecular formula is C15H15Cl3N2. The van der Waals surface area contributed by atoms with Crippen LogP contribution in [-0.4, -0.2) is 18.1 Å². The van der Waals surface area contributed by atoms with Crippen LogP contribution in [0.1, 0.15) is 11.1 Å². The molecule has 0 saturated heterocycles. The molecule has 5 heteroatoms. The Balaban J connectivity index is 2.09. The number of nitrogens with one attached hydrogen (secondary N) is 1. The predicted molar refractivity (Wildman–Crippen MR) is 86.0 cm³/mol. The van der Waals surface area contributed by atoms with E-state index in [1.807, 2.05) is 31.3 Å². The predicted octanol–water partition coefficient (Wildman–Crippen LogP) is 4.42. The van der Waals surface area contributed by atoms with Crippen molar-refractivity contribution in [2.75, 3.05) is 7.05 Å². The van der Waals surface area contributed by atoms with E-state index >= 15 is 0 Å². The van der Waals surface area contributed by atoms with Gasteiger partial charge in [0.1, 0.15) is 0 Å². The van der Waals surface area contributed by atoms with Crippen molar-refractivity contribution in [1.82, 2.24) is 10.3 Å². The van der Waals surface area contributed by atoms with Gasteiger partial charge in [0.15, 0.2) is 0 Å². The SMILES string of the molecule is CNC(Cc1ccc(Cl)c(Cl)c1)Cc1ccncc1Cl. The Morgan fingerprint density at radius 2 is 1.85 bits per heavy atom. The van der Waals surface area contributed by atoms with Crippen molar-refractivity contribution in [3.8, 4) is 0 Å². The van der Waals surface area contributed by atoms with Crippen LogP contribution >= 0.6 is 34.8 Å². The zero-order valence-electron chi connectivity index (χ0n) is 11.0. The molecule has 1 N–H and O–H groups in total. The molecule has 0 saturated carbocycles. The molecule has 1 atom stereocenters. The highest BCUT2D eigenvalue weighted by Crippen LogP contribution is 2.24. The Kier molecular flexibility index (Phi) is 5.67. The average Bonchev–Trinajstić information content (AvgIpc) is 2.44. The van der Waals surface area contributed by atoms with Crippen LogP contribution in [0, 0.1) is 0 Å². The molecule has 106 valence electrons. The van der Waals surface area contributed by atoms with Crippen molar-refractivity contribution in [1.29, 1.82) is 0 Å². The fraction of sp³-hybridized carbons (Fsp3) is 0.267. The number of pyridine rings is 1. The quantitative estimate of drug-likeness (QED) is 0.878. The zero-order valence-corrected chi connectivity index (χ0v) is 13.3. The van der Waals surface area contributed by atoms with E-state index < -0.39 is 0 Å². The molecule has 2 aromatic rings. The van der Waals surface area contributed by atoms with Gasteiger partial charge in [-0.15, -0.1) is 0 Å². The molecule has 0 spiro atoms. The second-order valence-corrected chi connectivity index (χ2v) is 5.83. The number of likely N-dealkylation sites (N-methyl/N-ethyl adjacent to an activating group) is 1. The number of aromatic nitrogens is 1. The van der Waals surface area contributed by atoms with Crippen molar-refractivity contribution < 1.29 is 0 Å². The van der Waals surface area contributed by atoms with Gasteiger partial charge in [-0.25, -0.2) is 0 Å². The maximum absolute atomic E-state index is 6.15. The van der Waals surface area contributed by atoms with Crippen molar-refractivity contribution >= 4 is 34.8 Å². The summed E-state index contributed by atoms with van der Waals surface area (Å²) in [6, 6.07) is 7.94. The van der Waals surface area contributed by atoms with E-state index in [4.69, 9.17) is 34.8 Å². The Labute approximate surface area is 134 Å². The summed E-state index contributed by atoms with van der Waals surface area (Å²) in [5.74, 6) is 0. The second-order valence-electron chi connectivity index (χ2n) is 4.61. The maximum atomic E-state index is 6.15. The third kappa shape index (κ3) is 4.10. The minimum atomic E-state index is 0.271. The Hall–Kier alpha value is -0.800. The number of rotatable bonds is 5. The lowest BCUT2D eigenvalue weighted by Crippen LogP contribution is -2.30. The summed E-state index contributed by atoms with van der Waals surface area (Å²) in [5.41, 5.74) is 2.23. The lowest BCUT2D eigenvalue weighted by Gasteiger charge is -2.17. The van der Waals surface area contributed by atoms with E-state index in [0.717, 1.165) is 24.0 Å². The zero-order chi connectivity index (χ0) is 14.5. The molecule has 1 aromatic heterocycles. The summed E-state index contributed by atoms with van der Waals surface area (Å²) < 4.78 is 0. The van der Waals surface area contributed by atoms with E-state index in [0.29, 0.717) is 15.1 Å². The summed E-state index contributed by atoms with van der Waals surface area (Å²) >= 11 is 18.1. The first kappa shape index (κ1) is 15.6. The number of halogens is 3. The Morgan fingerprint density at radius 1 is 1.05 bits per heavy atom. The van der Waals surface area contributed by atoms with E-state index in [9.17, 15) is 0 Å². The Morgan fingerprint density at radius 3 is 2.50 bits per heavy atom. The van der Waals surface area contributed by atoms with E-state index in [1.54, 1.807) is 12.4 Å². The molecule has 0 aliphatic rings. The molecule has 2 rings (SSSR count). The number of benzene rings is 1. The Bertz CT molecular complexity index is 587. The number of nitrogens with zero attached hydrogens (tertiary/aromatic N) is 1. The van der Waals surface area contributed by atoms with Crippen LogP contribution in [0.15, 0.2) is 36.7 Å². The van der Waals surface area contributed by atoms with Crippen LogP contribution in [0.3, 0.4) is 0 Å².